The van der Waals surface area contributed by atoms with Gasteiger partial charge in [0.25, 0.3) is 0 Å². The van der Waals surface area contributed by atoms with Crippen molar-refractivity contribution in [3.8, 4) is 0 Å². The van der Waals surface area contributed by atoms with Crippen molar-refractivity contribution in [1.82, 2.24) is 5.34 Å². The van der Waals surface area contributed by atoms with Gasteiger partial charge in [-0.25, -0.2) is 9.18 Å². The molecular weight excluding hydrogens is 175 g/mol. The Labute approximate surface area is 67.6 Å². The van der Waals surface area contributed by atoms with E-state index in [4.69, 9.17) is 5.11 Å². The molecule has 0 saturated carbocycles. The number of carboxylic acid groups (broad SMARTS) is 1. The summed E-state index contributed by atoms with van der Waals surface area (Å²) in [6.45, 7) is 1.66. The zero-order chi connectivity index (χ0) is 9.78. The molecule has 0 bridgehead atoms. The van der Waals surface area contributed by atoms with Gasteiger partial charge >= 0.3 is 11.8 Å². The van der Waals surface area contributed by atoms with Gasteiger partial charge < -0.3 is 5.11 Å². The number of alkyl halides is 1. The average molecular weight is 185 g/mol. The molecule has 0 fully saturated rings. The van der Waals surface area contributed by atoms with E-state index in [2.05, 4.69) is 0 Å². The molecule has 0 aliphatic heterocycles. The number of rotatable bonds is 5. The van der Waals surface area contributed by atoms with Crippen LogP contribution in [0.4, 0.5) is 13.4 Å². The third-order valence-corrected chi connectivity index (χ3v) is 1.46. The zero-order valence-corrected chi connectivity index (χ0v) is 6.56. The summed E-state index contributed by atoms with van der Waals surface area (Å²) in [5.74, 6) is -5.68. The minimum Gasteiger partial charge on any atom is -0.478 e. The molecule has 1 unspecified atom stereocenters. The normalized spacial score (nSPS) is 16.1. The van der Waals surface area contributed by atoms with Crippen LogP contribution in [0.15, 0.2) is 0 Å². The lowest BCUT2D eigenvalue weighted by atomic mass is 10.1. The summed E-state index contributed by atoms with van der Waals surface area (Å²) < 4.78 is 36.3. The molecule has 0 amide bonds. The van der Waals surface area contributed by atoms with Crippen LogP contribution in [0.1, 0.15) is 26.2 Å². The van der Waals surface area contributed by atoms with Crippen molar-refractivity contribution in [2.24, 2.45) is 0 Å². The number of aliphatic carboxylic acids is 1. The van der Waals surface area contributed by atoms with E-state index in [1.807, 2.05) is 0 Å². The van der Waals surface area contributed by atoms with Crippen LogP contribution in [-0.4, -0.2) is 22.2 Å². The fourth-order valence-electron chi connectivity index (χ4n) is 0.675. The van der Waals surface area contributed by atoms with Gasteiger partial charge in [0.05, 0.1) is 5.34 Å². The molecule has 0 aliphatic carbocycles. The Bertz CT molecular complexity index is 165. The highest BCUT2D eigenvalue weighted by Gasteiger charge is 2.46. The molecule has 0 rings (SSSR count). The lowest BCUT2D eigenvalue weighted by Crippen LogP contribution is -2.43. The Morgan fingerprint density at radius 2 is 2.08 bits per heavy atom. The second kappa shape index (κ2) is 4.30. The van der Waals surface area contributed by atoms with Crippen molar-refractivity contribution in [2.45, 2.75) is 32.0 Å². The van der Waals surface area contributed by atoms with E-state index < -0.39 is 23.5 Å². The molecule has 0 aliphatic rings. The number of carboxylic acids is 1. The Balaban J connectivity index is 4.29. The van der Waals surface area contributed by atoms with Crippen molar-refractivity contribution >= 4 is 5.97 Å². The predicted molar refractivity (Wildman–Crippen MR) is 35.1 cm³/mol. The van der Waals surface area contributed by atoms with Crippen LogP contribution in [0.25, 0.3) is 0 Å². The standard InChI is InChI=1S/C6H10F3NO2/c1-2-3-4-6(7,5(11)12)10(8)9/h2-4H2,1H3,(H,11,12). The van der Waals surface area contributed by atoms with Crippen molar-refractivity contribution in [2.75, 3.05) is 0 Å². The van der Waals surface area contributed by atoms with Crippen LogP contribution >= 0.6 is 0 Å². The van der Waals surface area contributed by atoms with Gasteiger partial charge in [0.1, 0.15) is 0 Å². The van der Waals surface area contributed by atoms with E-state index in [0.717, 1.165) is 0 Å². The van der Waals surface area contributed by atoms with E-state index in [1.54, 1.807) is 6.92 Å². The van der Waals surface area contributed by atoms with Crippen molar-refractivity contribution < 1.29 is 23.3 Å². The lowest BCUT2D eigenvalue weighted by molar-refractivity contribution is -0.278. The second-order valence-corrected chi connectivity index (χ2v) is 2.40. The zero-order valence-electron chi connectivity index (χ0n) is 6.56. The molecule has 1 N–H and O–H groups in total. The molecule has 1 atom stereocenters. The topological polar surface area (TPSA) is 40.5 Å². The minimum atomic E-state index is -3.53. The third-order valence-electron chi connectivity index (χ3n) is 1.46. The average Bonchev–Trinajstić information content (AvgIpc) is 1.99. The maximum atomic E-state index is 12.8. The van der Waals surface area contributed by atoms with Gasteiger partial charge in [-0.2, -0.15) is 0 Å². The molecular formula is C6H10F3NO2. The highest BCUT2D eigenvalue weighted by molar-refractivity contribution is 5.76. The SMILES string of the molecule is CCCCC(F)(C(=O)O)N(F)F. The first-order valence-electron chi connectivity index (χ1n) is 3.49. The molecule has 0 radical (unpaired) electrons. The molecule has 0 spiro atoms. The van der Waals surface area contributed by atoms with E-state index >= 15 is 0 Å². The minimum absolute atomic E-state index is 0.104. The van der Waals surface area contributed by atoms with Crippen LogP contribution in [-0.2, 0) is 4.79 Å². The summed E-state index contributed by atoms with van der Waals surface area (Å²) in [6.07, 6.45) is -0.133. The van der Waals surface area contributed by atoms with Gasteiger partial charge in [0, 0.05) is 6.42 Å². The maximum absolute atomic E-state index is 12.8. The Morgan fingerprint density at radius 1 is 1.58 bits per heavy atom. The number of hydrogen-bond acceptors (Lipinski definition) is 2. The van der Waals surface area contributed by atoms with Crippen LogP contribution in [0.2, 0.25) is 0 Å². The highest BCUT2D eigenvalue weighted by Crippen LogP contribution is 2.25. The Hall–Kier alpha value is -0.780. The third kappa shape index (κ3) is 2.37. The van der Waals surface area contributed by atoms with Gasteiger partial charge in [-0.1, -0.05) is 22.3 Å². The molecule has 0 saturated heterocycles. The van der Waals surface area contributed by atoms with Crippen LogP contribution < -0.4 is 0 Å². The molecule has 0 aromatic rings. The first kappa shape index (κ1) is 11.2. The fourth-order valence-corrected chi connectivity index (χ4v) is 0.675. The Kier molecular flexibility index (Phi) is 4.02. The summed E-state index contributed by atoms with van der Waals surface area (Å²) in [4.78, 5) is 10.1. The van der Waals surface area contributed by atoms with Gasteiger partial charge in [-0.3, -0.25) is 0 Å². The smallest absolute Gasteiger partial charge is 0.362 e. The van der Waals surface area contributed by atoms with Gasteiger partial charge in [0.15, 0.2) is 0 Å². The van der Waals surface area contributed by atoms with Crippen LogP contribution in [0.5, 0.6) is 0 Å². The first-order chi connectivity index (χ1) is 5.45. The molecule has 72 valence electrons. The molecule has 0 aromatic heterocycles. The quantitative estimate of drug-likeness (QED) is 0.526. The molecule has 0 heterocycles. The monoisotopic (exact) mass is 185 g/mol. The molecule has 6 heteroatoms. The van der Waals surface area contributed by atoms with E-state index in [9.17, 15) is 18.1 Å². The summed E-state index contributed by atoms with van der Waals surface area (Å²) >= 11 is 0. The molecule has 3 nitrogen and oxygen atoms in total. The van der Waals surface area contributed by atoms with E-state index in [1.165, 1.54) is 0 Å². The molecule has 12 heavy (non-hydrogen) atoms. The molecule has 0 aromatic carbocycles. The number of nitrogens with zero attached hydrogens (tertiary/aromatic N) is 1. The van der Waals surface area contributed by atoms with E-state index in [-0.39, 0.29) is 6.42 Å². The lowest BCUT2D eigenvalue weighted by Gasteiger charge is -2.19. The predicted octanol–water partition coefficient (Wildman–Crippen LogP) is 2.00. The fraction of sp³-hybridized carbons (Fsp3) is 0.833. The van der Waals surface area contributed by atoms with Gasteiger partial charge in [-0.15, -0.1) is 0 Å². The maximum Gasteiger partial charge on any atom is 0.362 e. The van der Waals surface area contributed by atoms with Crippen molar-refractivity contribution in [3.63, 3.8) is 0 Å². The number of carbonyl (C=O) groups is 1. The van der Waals surface area contributed by atoms with Gasteiger partial charge in [-0.05, 0) is 6.42 Å². The summed E-state index contributed by atoms with van der Waals surface area (Å²) in [5, 5.41) is 6.24. The van der Waals surface area contributed by atoms with Crippen LogP contribution in [0.3, 0.4) is 0 Å². The summed E-state index contributed by atoms with van der Waals surface area (Å²) in [6, 6.07) is 0. The largest absolute Gasteiger partial charge is 0.478 e. The first-order valence-corrected chi connectivity index (χ1v) is 3.49. The Morgan fingerprint density at radius 3 is 2.33 bits per heavy atom. The second-order valence-electron chi connectivity index (χ2n) is 2.40. The van der Waals surface area contributed by atoms with E-state index in [0.29, 0.717) is 6.42 Å². The number of unbranched alkanes of at least 4 members (excludes halogenated alkanes) is 1. The van der Waals surface area contributed by atoms with Gasteiger partial charge in [0.2, 0.25) is 0 Å². The number of hydrogen-bond donors (Lipinski definition) is 1. The van der Waals surface area contributed by atoms with Crippen molar-refractivity contribution in [3.05, 3.63) is 0 Å². The summed E-state index contributed by atoms with van der Waals surface area (Å²) in [7, 11) is 0. The van der Waals surface area contributed by atoms with Crippen LogP contribution in [0, 0.1) is 0 Å². The summed E-state index contributed by atoms with van der Waals surface area (Å²) in [5.41, 5.74) is 0. The highest BCUT2D eigenvalue weighted by atomic mass is 19.4. The van der Waals surface area contributed by atoms with Crippen molar-refractivity contribution in [1.29, 1.82) is 0 Å². The number of halogens is 3.